The van der Waals surface area contributed by atoms with Gasteiger partial charge in [0.25, 0.3) is 0 Å². The Kier molecular flexibility index (Phi) is 2.26. The highest BCUT2D eigenvalue weighted by molar-refractivity contribution is 14.1. The molecule has 0 aliphatic rings. The van der Waals surface area contributed by atoms with Crippen molar-refractivity contribution < 1.29 is 9.90 Å². The minimum atomic E-state index is -0.143. The SMILES string of the molecule is O=C(I)c1ccccc1O. The number of carbonyl (C=O) groups is 1. The summed E-state index contributed by atoms with van der Waals surface area (Å²) in [7, 11) is 0. The maximum Gasteiger partial charge on any atom is 0.226 e. The molecule has 0 aliphatic heterocycles. The van der Waals surface area contributed by atoms with Gasteiger partial charge < -0.3 is 5.11 Å². The molecule has 0 amide bonds. The van der Waals surface area contributed by atoms with Crippen molar-refractivity contribution in [2.75, 3.05) is 0 Å². The summed E-state index contributed by atoms with van der Waals surface area (Å²) in [6.45, 7) is 0. The maximum atomic E-state index is 10.7. The fourth-order valence-corrected chi connectivity index (χ4v) is 1.10. The van der Waals surface area contributed by atoms with Gasteiger partial charge in [-0.15, -0.1) is 0 Å². The summed E-state index contributed by atoms with van der Waals surface area (Å²) in [6, 6.07) is 6.47. The Labute approximate surface area is 72.0 Å². The van der Waals surface area contributed by atoms with E-state index < -0.39 is 0 Å². The Morgan fingerprint density at radius 3 is 2.40 bits per heavy atom. The van der Waals surface area contributed by atoms with E-state index in [4.69, 9.17) is 5.11 Å². The predicted molar refractivity (Wildman–Crippen MR) is 46.5 cm³/mol. The summed E-state index contributed by atoms with van der Waals surface area (Å²) < 4.78 is -0.143. The molecule has 10 heavy (non-hydrogen) atoms. The lowest BCUT2D eigenvalue weighted by Gasteiger charge is -1.95. The number of benzene rings is 1. The molecule has 1 rings (SSSR count). The van der Waals surface area contributed by atoms with E-state index >= 15 is 0 Å². The van der Waals surface area contributed by atoms with E-state index in [1.807, 2.05) is 0 Å². The Morgan fingerprint density at radius 1 is 1.40 bits per heavy atom. The summed E-state index contributed by atoms with van der Waals surface area (Å²) in [4.78, 5) is 10.7. The van der Waals surface area contributed by atoms with Gasteiger partial charge in [-0.25, -0.2) is 0 Å². The zero-order valence-electron chi connectivity index (χ0n) is 5.04. The summed E-state index contributed by atoms with van der Waals surface area (Å²) >= 11 is 1.64. The third kappa shape index (κ3) is 1.47. The standard InChI is InChI=1S/C7H5IO2/c8-7(10)5-3-1-2-4-6(5)9/h1-4,9H. The molecule has 0 unspecified atom stereocenters. The number of hydrogen-bond donors (Lipinski definition) is 1. The molecule has 1 aromatic rings. The van der Waals surface area contributed by atoms with E-state index in [2.05, 4.69) is 0 Å². The van der Waals surface area contributed by atoms with Crippen molar-refractivity contribution in [2.45, 2.75) is 0 Å². The number of aromatic hydroxyl groups is 1. The van der Waals surface area contributed by atoms with E-state index in [0.29, 0.717) is 5.56 Å². The minimum Gasteiger partial charge on any atom is -0.507 e. The van der Waals surface area contributed by atoms with Crippen LogP contribution >= 0.6 is 22.6 Å². The van der Waals surface area contributed by atoms with Gasteiger partial charge in [-0.2, -0.15) is 0 Å². The minimum absolute atomic E-state index is 0.0434. The lowest BCUT2D eigenvalue weighted by Crippen LogP contribution is -1.86. The zero-order valence-corrected chi connectivity index (χ0v) is 7.20. The normalized spacial score (nSPS) is 9.30. The molecule has 0 fully saturated rings. The molecule has 0 radical (unpaired) electrons. The summed E-state index contributed by atoms with van der Waals surface area (Å²) in [5.74, 6) is 0.0434. The van der Waals surface area contributed by atoms with E-state index in [1.54, 1.807) is 40.8 Å². The number of halogens is 1. The molecular formula is C7H5IO2. The highest BCUT2D eigenvalue weighted by Crippen LogP contribution is 2.18. The molecular weight excluding hydrogens is 243 g/mol. The Bertz CT molecular complexity index is 258. The molecule has 3 heteroatoms. The van der Waals surface area contributed by atoms with Crippen LogP contribution in [0.2, 0.25) is 0 Å². The zero-order chi connectivity index (χ0) is 7.56. The van der Waals surface area contributed by atoms with Crippen LogP contribution in [0.15, 0.2) is 24.3 Å². The second kappa shape index (κ2) is 3.01. The van der Waals surface area contributed by atoms with Crippen LogP contribution in [0.1, 0.15) is 10.4 Å². The van der Waals surface area contributed by atoms with Crippen molar-refractivity contribution in [1.29, 1.82) is 0 Å². The number of phenols is 1. The van der Waals surface area contributed by atoms with Crippen LogP contribution in [0.4, 0.5) is 0 Å². The smallest absolute Gasteiger partial charge is 0.226 e. The summed E-state index contributed by atoms with van der Waals surface area (Å²) in [5, 5.41) is 9.06. The van der Waals surface area contributed by atoms with Gasteiger partial charge in [-0.1, -0.05) is 12.1 Å². The van der Waals surface area contributed by atoms with Crippen LogP contribution in [-0.2, 0) is 0 Å². The molecule has 1 aromatic carbocycles. The molecule has 0 atom stereocenters. The third-order valence-corrected chi connectivity index (χ3v) is 1.70. The van der Waals surface area contributed by atoms with Crippen molar-refractivity contribution in [3.8, 4) is 5.75 Å². The molecule has 0 aromatic heterocycles. The number of para-hydroxylation sites is 1. The van der Waals surface area contributed by atoms with Crippen LogP contribution in [-0.4, -0.2) is 8.90 Å². The van der Waals surface area contributed by atoms with E-state index in [-0.39, 0.29) is 9.54 Å². The van der Waals surface area contributed by atoms with Crippen molar-refractivity contribution >= 4 is 26.4 Å². The molecule has 0 aliphatic carbocycles. The first kappa shape index (κ1) is 7.53. The Hall–Kier alpha value is -0.580. The van der Waals surface area contributed by atoms with Gasteiger partial charge in [0.1, 0.15) is 5.75 Å². The van der Waals surface area contributed by atoms with Gasteiger partial charge in [-0.3, -0.25) is 4.79 Å². The largest absolute Gasteiger partial charge is 0.507 e. The second-order valence-corrected chi connectivity index (χ2v) is 2.77. The van der Waals surface area contributed by atoms with Crippen molar-refractivity contribution in [1.82, 2.24) is 0 Å². The van der Waals surface area contributed by atoms with Gasteiger partial charge in [0.15, 0.2) is 0 Å². The number of phenolic OH excluding ortho intramolecular Hbond substituents is 1. The van der Waals surface area contributed by atoms with Crippen LogP contribution < -0.4 is 0 Å². The molecule has 0 saturated heterocycles. The number of carbonyl (C=O) groups excluding carboxylic acids is 1. The molecule has 52 valence electrons. The first-order valence-electron chi connectivity index (χ1n) is 2.69. The number of hydrogen-bond acceptors (Lipinski definition) is 2. The lowest BCUT2D eigenvalue weighted by molar-refractivity contribution is 0.110. The monoisotopic (exact) mass is 248 g/mol. The average molecular weight is 248 g/mol. The van der Waals surface area contributed by atoms with E-state index in [0.717, 1.165) is 0 Å². The molecule has 0 saturated carbocycles. The summed E-state index contributed by atoms with van der Waals surface area (Å²) in [5.41, 5.74) is 0.364. The van der Waals surface area contributed by atoms with Crippen LogP contribution in [0, 0.1) is 0 Å². The van der Waals surface area contributed by atoms with Crippen LogP contribution in [0.25, 0.3) is 0 Å². The van der Waals surface area contributed by atoms with Crippen LogP contribution in [0.3, 0.4) is 0 Å². The van der Waals surface area contributed by atoms with E-state index in [9.17, 15) is 4.79 Å². The summed E-state index contributed by atoms with van der Waals surface area (Å²) in [6.07, 6.45) is 0. The highest BCUT2D eigenvalue weighted by Gasteiger charge is 2.04. The first-order chi connectivity index (χ1) is 4.72. The maximum absolute atomic E-state index is 10.7. The first-order valence-corrected chi connectivity index (χ1v) is 3.77. The average Bonchev–Trinajstić information content (AvgIpc) is 1.88. The Morgan fingerprint density at radius 2 is 2.00 bits per heavy atom. The van der Waals surface area contributed by atoms with Gasteiger partial charge in [-0.05, 0) is 12.1 Å². The lowest BCUT2D eigenvalue weighted by atomic mass is 10.2. The molecule has 0 heterocycles. The van der Waals surface area contributed by atoms with E-state index in [1.165, 1.54) is 6.07 Å². The molecule has 0 bridgehead atoms. The van der Waals surface area contributed by atoms with Gasteiger partial charge in [0.2, 0.25) is 3.79 Å². The van der Waals surface area contributed by atoms with Gasteiger partial charge in [0, 0.05) is 22.6 Å². The molecule has 1 N–H and O–H groups in total. The fraction of sp³-hybridized carbons (Fsp3) is 0. The van der Waals surface area contributed by atoms with Crippen LogP contribution in [0.5, 0.6) is 5.75 Å². The van der Waals surface area contributed by atoms with Gasteiger partial charge in [0.05, 0.1) is 5.56 Å². The van der Waals surface area contributed by atoms with Crippen molar-refractivity contribution in [3.63, 3.8) is 0 Å². The molecule has 2 nitrogen and oxygen atoms in total. The third-order valence-electron chi connectivity index (χ3n) is 1.12. The second-order valence-electron chi connectivity index (χ2n) is 1.79. The van der Waals surface area contributed by atoms with Crippen molar-refractivity contribution in [3.05, 3.63) is 29.8 Å². The Balaban J connectivity index is 3.15. The van der Waals surface area contributed by atoms with Crippen molar-refractivity contribution in [2.24, 2.45) is 0 Å². The molecule has 0 spiro atoms. The fourth-order valence-electron chi connectivity index (χ4n) is 0.640. The van der Waals surface area contributed by atoms with Gasteiger partial charge >= 0.3 is 0 Å². The predicted octanol–water partition coefficient (Wildman–Crippen LogP) is 1.97. The topological polar surface area (TPSA) is 37.3 Å². The highest BCUT2D eigenvalue weighted by atomic mass is 127. The quantitative estimate of drug-likeness (QED) is 0.609. The number of rotatable bonds is 1.